The van der Waals surface area contributed by atoms with E-state index in [1.54, 1.807) is 12.2 Å². The van der Waals surface area contributed by atoms with Crippen LogP contribution in [0.4, 0.5) is 0 Å². The van der Waals surface area contributed by atoms with E-state index in [2.05, 4.69) is 13.8 Å². The molecule has 0 bridgehead atoms. The molecule has 310 valence electrons. The van der Waals surface area contributed by atoms with Crippen molar-refractivity contribution in [3.8, 4) is 0 Å². The van der Waals surface area contributed by atoms with Crippen LogP contribution >= 0.6 is 7.82 Å². The van der Waals surface area contributed by atoms with Crippen LogP contribution < -0.4 is 5.73 Å². The van der Waals surface area contributed by atoms with Gasteiger partial charge in [0, 0.05) is 50.5 Å². The van der Waals surface area contributed by atoms with E-state index in [9.17, 15) is 39.2 Å². The van der Waals surface area contributed by atoms with Crippen LogP contribution in [0, 0.1) is 11.8 Å². The third-order valence-corrected chi connectivity index (χ3v) is 10.6. The molecule has 0 aromatic carbocycles. The number of ether oxygens (including phenoxy) is 2. The molecule has 0 amide bonds. The minimum atomic E-state index is -4.46. The van der Waals surface area contributed by atoms with Gasteiger partial charge in [-0.15, -0.1) is 0 Å². The lowest BCUT2D eigenvalue weighted by atomic mass is 9.87. The molecule has 0 aliphatic heterocycles. The number of carbonyl (C=O) groups is 3. The highest BCUT2D eigenvalue weighted by Gasteiger charge is 2.41. The molecule has 0 spiro atoms. The van der Waals surface area contributed by atoms with Crippen LogP contribution in [0.3, 0.4) is 0 Å². The van der Waals surface area contributed by atoms with E-state index in [0.717, 1.165) is 38.5 Å². The molecule has 0 aromatic rings. The molecule has 0 saturated heterocycles. The summed E-state index contributed by atoms with van der Waals surface area (Å²) < 4.78 is 32.5. The Kier molecular flexibility index (Phi) is 28.4. The highest BCUT2D eigenvalue weighted by atomic mass is 31.2. The largest absolute Gasteiger partial charge is 0.472 e. The molecule has 1 aliphatic carbocycles. The van der Waals surface area contributed by atoms with Gasteiger partial charge in [0.2, 0.25) is 0 Å². The Morgan fingerprint density at radius 3 is 1.98 bits per heavy atom. The number of phosphoric acid groups is 1. The molecular weight excluding hydrogens is 705 g/mol. The number of aliphatic hydroxyl groups excluding tert-OH is 3. The van der Waals surface area contributed by atoms with Crippen molar-refractivity contribution in [2.75, 3.05) is 26.4 Å². The van der Waals surface area contributed by atoms with Gasteiger partial charge in [-0.05, 0) is 25.7 Å². The summed E-state index contributed by atoms with van der Waals surface area (Å²) in [7, 11) is -4.46. The topological polar surface area (TPSA) is 212 Å². The number of hydrogen-bond donors (Lipinski definition) is 5. The maximum absolute atomic E-state index is 12.8. The summed E-state index contributed by atoms with van der Waals surface area (Å²) in [5.74, 6) is -2.09. The second-order valence-electron chi connectivity index (χ2n) is 14.5. The van der Waals surface area contributed by atoms with Crippen LogP contribution in [-0.4, -0.2) is 88.7 Å². The van der Waals surface area contributed by atoms with Gasteiger partial charge in [-0.1, -0.05) is 109 Å². The summed E-state index contributed by atoms with van der Waals surface area (Å²) in [6.45, 7) is 3.17. The van der Waals surface area contributed by atoms with Crippen molar-refractivity contribution in [3.63, 3.8) is 0 Å². The quantitative estimate of drug-likeness (QED) is 0.0202. The molecule has 0 aromatic heterocycles. The second-order valence-corrected chi connectivity index (χ2v) is 15.9. The lowest BCUT2D eigenvalue weighted by molar-refractivity contribution is -0.161. The number of aliphatic hydroxyl groups is 3. The molecule has 53 heavy (non-hydrogen) atoms. The van der Waals surface area contributed by atoms with Gasteiger partial charge in [-0.3, -0.25) is 23.4 Å². The first-order chi connectivity index (χ1) is 25.4. The summed E-state index contributed by atoms with van der Waals surface area (Å²) in [4.78, 5) is 47.7. The lowest BCUT2D eigenvalue weighted by Crippen LogP contribution is -2.29. The van der Waals surface area contributed by atoms with Gasteiger partial charge in [0.05, 0.1) is 31.5 Å². The van der Waals surface area contributed by atoms with E-state index in [0.29, 0.717) is 25.7 Å². The Balaban J connectivity index is 2.47. The third kappa shape index (κ3) is 25.2. The predicted molar refractivity (Wildman–Crippen MR) is 204 cm³/mol. The maximum Gasteiger partial charge on any atom is 0.472 e. The van der Waals surface area contributed by atoms with Crippen LogP contribution in [0.2, 0.25) is 0 Å². The van der Waals surface area contributed by atoms with E-state index in [1.165, 1.54) is 44.9 Å². The number of ketones is 1. The third-order valence-electron chi connectivity index (χ3n) is 9.63. The van der Waals surface area contributed by atoms with Crippen molar-refractivity contribution >= 4 is 25.5 Å². The van der Waals surface area contributed by atoms with Crippen LogP contribution in [0.15, 0.2) is 12.2 Å². The Morgan fingerprint density at radius 1 is 0.774 bits per heavy atom. The second kappa shape index (κ2) is 30.5. The Bertz CT molecular complexity index is 1060. The van der Waals surface area contributed by atoms with Gasteiger partial charge < -0.3 is 35.4 Å². The Labute approximate surface area is 318 Å². The van der Waals surface area contributed by atoms with Crippen molar-refractivity contribution < 1.29 is 57.7 Å². The molecule has 1 fully saturated rings. The monoisotopic (exact) mass is 777 g/mol. The average molecular weight is 778 g/mol. The molecule has 0 heterocycles. The first-order valence-electron chi connectivity index (χ1n) is 20.3. The molecule has 1 saturated carbocycles. The minimum Gasteiger partial charge on any atom is -0.462 e. The van der Waals surface area contributed by atoms with E-state index in [1.807, 2.05) is 0 Å². The van der Waals surface area contributed by atoms with Crippen LogP contribution in [0.1, 0.15) is 155 Å². The molecule has 13 nitrogen and oxygen atoms in total. The normalized spacial score (nSPS) is 21.0. The van der Waals surface area contributed by atoms with Crippen molar-refractivity contribution in [3.05, 3.63) is 12.2 Å². The van der Waals surface area contributed by atoms with Crippen molar-refractivity contribution in [2.24, 2.45) is 17.6 Å². The number of esters is 2. The fraction of sp³-hybridized carbons (Fsp3) is 0.872. The molecule has 0 radical (unpaired) electrons. The molecule has 1 unspecified atom stereocenters. The molecule has 6 N–H and O–H groups in total. The number of Topliss-reactive ketones (excluding diaryl/α,β-unsaturated/α-hetero) is 1. The average Bonchev–Trinajstić information content (AvgIpc) is 3.38. The number of unbranched alkanes of at least 4 members (excludes halogenated alkanes) is 13. The van der Waals surface area contributed by atoms with Crippen molar-refractivity contribution in [1.29, 1.82) is 0 Å². The van der Waals surface area contributed by atoms with Crippen LogP contribution in [0.25, 0.3) is 0 Å². The van der Waals surface area contributed by atoms with Gasteiger partial charge in [0.15, 0.2) is 6.10 Å². The van der Waals surface area contributed by atoms with E-state index < -0.39 is 62.6 Å². The van der Waals surface area contributed by atoms with Crippen molar-refractivity contribution in [2.45, 2.75) is 180 Å². The summed E-state index contributed by atoms with van der Waals surface area (Å²) in [5.41, 5.74) is 5.32. The number of nitrogens with two attached hydrogens (primary N) is 1. The summed E-state index contributed by atoms with van der Waals surface area (Å²) in [5, 5.41) is 31.2. The van der Waals surface area contributed by atoms with Gasteiger partial charge in [0.1, 0.15) is 12.4 Å². The number of hydrogen-bond acceptors (Lipinski definition) is 12. The lowest BCUT2D eigenvalue weighted by Gasteiger charge is -2.20. The Hall–Kier alpha value is -1.70. The predicted octanol–water partition coefficient (Wildman–Crippen LogP) is 6.61. The summed E-state index contributed by atoms with van der Waals surface area (Å²) in [6, 6.07) is 0. The van der Waals surface area contributed by atoms with E-state index in [-0.39, 0.29) is 57.6 Å². The first-order valence-corrected chi connectivity index (χ1v) is 21.8. The van der Waals surface area contributed by atoms with Gasteiger partial charge in [-0.25, -0.2) is 4.57 Å². The standard InChI is InChI=1S/C39H72NO12P/c1-3-5-7-8-9-10-11-12-13-14-16-22-39(46)52-33(30-51-53(47,48)50-26-25-40)29-49-38(45)21-18-17-20-32(42)27-35-34(36(43)28-37(35)44)24-23-31(41)19-15-6-4-2/h23-24,31,33-37,41,43-44H,3-22,25-30,40H2,1-2H3,(H,47,48)/b24-23+/t31-,33+,34+,35+,36+,37-/m0/s1. The van der Waals surface area contributed by atoms with Crippen LogP contribution in [-0.2, 0) is 37.5 Å². The van der Waals surface area contributed by atoms with E-state index >= 15 is 0 Å². The first kappa shape index (κ1) is 49.3. The zero-order valence-corrected chi connectivity index (χ0v) is 33.5. The molecule has 1 aliphatic rings. The zero-order chi connectivity index (χ0) is 39.3. The van der Waals surface area contributed by atoms with Crippen LogP contribution in [0.5, 0.6) is 0 Å². The number of rotatable bonds is 34. The number of carbonyl (C=O) groups excluding carboxylic acids is 3. The van der Waals surface area contributed by atoms with Gasteiger partial charge in [0.25, 0.3) is 0 Å². The highest BCUT2D eigenvalue weighted by molar-refractivity contribution is 7.47. The fourth-order valence-corrected chi connectivity index (χ4v) is 7.28. The van der Waals surface area contributed by atoms with Crippen molar-refractivity contribution in [1.82, 2.24) is 0 Å². The minimum absolute atomic E-state index is 0.00226. The summed E-state index contributed by atoms with van der Waals surface area (Å²) in [6.07, 6.45) is 17.4. The highest BCUT2D eigenvalue weighted by Crippen LogP contribution is 2.43. The van der Waals surface area contributed by atoms with Gasteiger partial charge >= 0.3 is 19.8 Å². The zero-order valence-electron chi connectivity index (χ0n) is 32.6. The molecule has 1 rings (SSSR count). The Morgan fingerprint density at radius 2 is 1.34 bits per heavy atom. The molecular formula is C39H72NO12P. The smallest absolute Gasteiger partial charge is 0.462 e. The van der Waals surface area contributed by atoms with Gasteiger partial charge in [-0.2, -0.15) is 0 Å². The van der Waals surface area contributed by atoms with E-state index in [4.69, 9.17) is 24.3 Å². The number of phosphoric ester groups is 1. The molecule has 14 heteroatoms. The summed E-state index contributed by atoms with van der Waals surface area (Å²) >= 11 is 0. The molecule has 7 atom stereocenters. The SMILES string of the molecule is CCCCCCCCCCCCCC(=O)O[C@H](COC(=O)CCCCC(=O)C[C@@H]1[C@@H](/C=C/[C@@H](O)CCCCC)[C@H](O)C[C@@H]1O)COP(=O)(O)OCCN. The fourth-order valence-electron chi connectivity index (χ4n) is 6.51. The maximum atomic E-state index is 12.8.